The van der Waals surface area contributed by atoms with Gasteiger partial charge in [0.05, 0.1) is 36.6 Å². The van der Waals surface area contributed by atoms with Gasteiger partial charge in [-0.15, -0.1) is 11.3 Å². The van der Waals surface area contributed by atoms with Crippen LogP contribution in [0.3, 0.4) is 0 Å². The fourth-order valence-electron chi connectivity index (χ4n) is 5.39. The van der Waals surface area contributed by atoms with Crippen molar-refractivity contribution in [3.8, 4) is 17.2 Å². The molecule has 2 N–H and O–H groups in total. The number of morpholine rings is 1. The van der Waals surface area contributed by atoms with Gasteiger partial charge in [0.15, 0.2) is 5.82 Å². The number of hydrogen-bond acceptors (Lipinski definition) is 9. The first-order valence-electron chi connectivity index (χ1n) is 14.7. The van der Waals surface area contributed by atoms with Gasteiger partial charge in [0, 0.05) is 37.0 Å². The van der Waals surface area contributed by atoms with Gasteiger partial charge in [-0.25, -0.2) is 19.7 Å². The maximum Gasteiger partial charge on any atom is 0.332 e. The van der Waals surface area contributed by atoms with Crippen LogP contribution in [0.2, 0.25) is 0 Å². The maximum absolute atomic E-state index is 13.6. The number of hydrogen-bond donors (Lipinski definition) is 2. The zero-order valence-corrected chi connectivity index (χ0v) is 25.3. The van der Waals surface area contributed by atoms with Gasteiger partial charge in [-0.2, -0.15) is 0 Å². The van der Waals surface area contributed by atoms with E-state index >= 15 is 0 Å². The average Bonchev–Trinajstić information content (AvgIpc) is 3.43. The van der Waals surface area contributed by atoms with E-state index in [4.69, 9.17) is 14.2 Å². The third-order valence-corrected chi connectivity index (χ3v) is 8.61. The molecule has 45 heavy (non-hydrogen) atoms. The van der Waals surface area contributed by atoms with E-state index in [9.17, 15) is 9.59 Å². The van der Waals surface area contributed by atoms with Gasteiger partial charge in [-0.05, 0) is 49.4 Å². The number of carbonyl (C=O) groups excluding carboxylic acids is 2. The second-order valence-electron chi connectivity index (χ2n) is 10.5. The lowest BCUT2D eigenvalue weighted by Crippen LogP contribution is -2.35. The summed E-state index contributed by atoms with van der Waals surface area (Å²) in [6.45, 7) is 6.32. The van der Waals surface area contributed by atoms with E-state index in [-0.39, 0.29) is 5.91 Å². The molecule has 2 aliphatic rings. The monoisotopic (exact) mass is 622 g/mol. The van der Waals surface area contributed by atoms with Gasteiger partial charge in [0.25, 0.3) is 5.91 Å². The number of urea groups is 1. The number of benzene rings is 3. The highest BCUT2D eigenvalue weighted by molar-refractivity contribution is 7.21. The van der Waals surface area contributed by atoms with Crippen LogP contribution in [0.5, 0.6) is 17.2 Å². The number of thiophene rings is 1. The second kappa shape index (κ2) is 12.5. The number of amides is 3. The summed E-state index contributed by atoms with van der Waals surface area (Å²) < 4.78 is 17.3. The van der Waals surface area contributed by atoms with E-state index in [1.54, 1.807) is 24.3 Å². The Morgan fingerprint density at radius 2 is 1.80 bits per heavy atom. The van der Waals surface area contributed by atoms with E-state index in [0.717, 1.165) is 30.9 Å². The third-order valence-electron chi connectivity index (χ3n) is 7.52. The number of nitrogens with zero attached hydrogens (tertiary/aromatic N) is 4. The van der Waals surface area contributed by atoms with Crippen molar-refractivity contribution in [1.29, 1.82) is 0 Å². The summed E-state index contributed by atoms with van der Waals surface area (Å²) in [6, 6.07) is 21.9. The first-order chi connectivity index (χ1) is 22.1. The van der Waals surface area contributed by atoms with E-state index in [2.05, 4.69) is 25.5 Å². The lowest BCUT2D eigenvalue weighted by Gasteiger charge is -2.27. The maximum atomic E-state index is 13.6. The molecule has 3 amide bonds. The molecule has 0 aliphatic carbocycles. The Morgan fingerprint density at radius 1 is 1.02 bits per heavy atom. The molecule has 0 saturated carbocycles. The third kappa shape index (κ3) is 5.90. The summed E-state index contributed by atoms with van der Waals surface area (Å²) in [6.07, 6.45) is 1.40. The highest BCUT2D eigenvalue weighted by atomic mass is 32.1. The molecule has 3 aromatic carbocycles. The van der Waals surface area contributed by atoms with Crippen molar-refractivity contribution < 1.29 is 23.8 Å². The summed E-state index contributed by atoms with van der Waals surface area (Å²) in [5, 5.41) is 6.50. The molecule has 0 atom stereocenters. The largest absolute Gasteiger partial charge is 0.493 e. The van der Waals surface area contributed by atoms with Crippen molar-refractivity contribution >= 4 is 56.4 Å². The molecule has 1 saturated heterocycles. The Morgan fingerprint density at radius 3 is 2.58 bits per heavy atom. The number of para-hydroxylation sites is 1. The van der Waals surface area contributed by atoms with Crippen LogP contribution >= 0.6 is 11.3 Å². The standard InChI is InChI=1S/C33H30N6O5S/c1-2-43-26-18-22(9-8-21(26)19-38-14-16-42-17-15-38)36-31(40)29-28-27-30(34-20-35-32(27)45-29)39(33(41)37-28)23-10-12-25(13-11-23)44-24-6-4-3-5-7-24/h3-13,18,20H,2,14-17,19H2,1H3,(H,36,40)(H,37,41). The molecular weight excluding hydrogens is 592 g/mol. The fourth-order valence-corrected chi connectivity index (χ4v) is 6.38. The van der Waals surface area contributed by atoms with Gasteiger partial charge in [-0.1, -0.05) is 24.3 Å². The molecule has 4 heterocycles. The Labute approximate surface area is 263 Å². The molecule has 2 aliphatic heterocycles. The number of aromatic nitrogens is 2. The molecule has 228 valence electrons. The average molecular weight is 623 g/mol. The van der Waals surface area contributed by atoms with Crippen molar-refractivity contribution in [2.75, 3.05) is 48.4 Å². The van der Waals surface area contributed by atoms with Crippen molar-refractivity contribution in [2.45, 2.75) is 13.5 Å². The zero-order valence-electron chi connectivity index (χ0n) is 24.5. The van der Waals surface area contributed by atoms with Crippen LogP contribution in [-0.2, 0) is 11.3 Å². The molecular formula is C33H30N6O5S. The number of rotatable bonds is 9. The van der Waals surface area contributed by atoms with Crippen LogP contribution in [0, 0.1) is 0 Å². The predicted octanol–water partition coefficient (Wildman–Crippen LogP) is 6.65. The molecule has 0 bridgehead atoms. The lowest BCUT2D eigenvalue weighted by molar-refractivity contribution is 0.0338. The highest BCUT2D eigenvalue weighted by Gasteiger charge is 2.34. The quantitative estimate of drug-likeness (QED) is 0.188. The summed E-state index contributed by atoms with van der Waals surface area (Å²) in [7, 11) is 0. The second-order valence-corrected chi connectivity index (χ2v) is 11.5. The van der Waals surface area contributed by atoms with Gasteiger partial charge in [0.2, 0.25) is 0 Å². The van der Waals surface area contributed by atoms with Gasteiger partial charge in [-0.3, -0.25) is 9.69 Å². The highest BCUT2D eigenvalue weighted by Crippen LogP contribution is 2.45. The van der Waals surface area contributed by atoms with Crippen LogP contribution in [0.25, 0.3) is 10.2 Å². The van der Waals surface area contributed by atoms with Gasteiger partial charge < -0.3 is 24.8 Å². The minimum Gasteiger partial charge on any atom is -0.493 e. The topological polar surface area (TPSA) is 118 Å². The Kier molecular flexibility index (Phi) is 7.99. The molecule has 0 unspecified atom stereocenters. The Balaban J connectivity index is 1.14. The minimum atomic E-state index is -0.433. The van der Waals surface area contributed by atoms with Gasteiger partial charge >= 0.3 is 6.03 Å². The van der Waals surface area contributed by atoms with E-state index in [1.807, 2.05) is 55.5 Å². The smallest absolute Gasteiger partial charge is 0.332 e. The van der Waals surface area contributed by atoms with Crippen molar-refractivity contribution in [3.05, 3.63) is 89.6 Å². The molecule has 12 heteroatoms. The predicted molar refractivity (Wildman–Crippen MR) is 173 cm³/mol. The van der Waals surface area contributed by atoms with Crippen LogP contribution in [-0.4, -0.2) is 59.7 Å². The van der Waals surface area contributed by atoms with Crippen molar-refractivity contribution in [1.82, 2.24) is 14.9 Å². The van der Waals surface area contributed by atoms with Crippen molar-refractivity contribution in [2.24, 2.45) is 0 Å². The van der Waals surface area contributed by atoms with Crippen LogP contribution < -0.4 is 25.0 Å². The summed E-state index contributed by atoms with van der Waals surface area (Å²) in [5.41, 5.74) is 2.62. The number of carbonyl (C=O) groups is 2. The first-order valence-corrected chi connectivity index (χ1v) is 15.5. The summed E-state index contributed by atoms with van der Waals surface area (Å²) >= 11 is 1.20. The Hall–Kier alpha value is -5.04. The molecule has 5 aromatic rings. The molecule has 11 nitrogen and oxygen atoms in total. The van der Waals surface area contributed by atoms with Crippen LogP contribution in [0.4, 0.5) is 27.7 Å². The zero-order chi connectivity index (χ0) is 30.8. The van der Waals surface area contributed by atoms with Gasteiger partial charge in [0.1, 0.15) is 33.3 Å². The molecule has 1 fully saturated rings. The molecule has 0 radical (unpaired) electrons. The first kappa shape index (κ1) is 28.7. The molecule has 0 spiro atoms. The van der Waals surface area contributed by atoms with Crippen molar-refractivity contribution in [3.63, 3.8) is 0 Å². The normalized spacial score (nSPS) is 14.7. The summed E-state index contributed by atoms with van der Waals surface area (Å²) in [5.74, 6) is 2.10. The molecule has 2 aromatic heterocycles. The van der Waals surface area contributed by atoms with E-state index < -0.39 is 6.03 Å². The van der Waals surface area contributed by atoms with Crippen LogP contribution in [0.15, 0.2) is 79.1 Å². The number of nitrogens with one attached hydrogen (secondary N) is 2. The molecule has 7 rings (SSSR count). The summed E-state index contributed by atoms with van der Waals surface area (Å²) in [4.78, 5) is 40.7. The SMILES string of the molecule is CCOc1cc(NC(=O)c2sc3ncnc4c3c2NC(=O)N4c2ccc(Oc3ccccc3)cc2)ccc1CN1CCOCC1. The van der Waals surface area contributed by atoms with Crippen LogP contribution in [0.1, 0.15) is 22.2 Å². The minimum absolute atomic E-state index is 0.335. The van der Waals surface area contributed by atoms with E-state index in [1.165, 1.54) is 22.6 Å². The number of anilines is 4. The lowest BCUT2D eigenvalue weighted by atomic mass is 10.1. The van der Waals surface area contributed by atoms with E-state index in [0.29, 0.717) is 69.3 Å². The fraction of sp³-hybridized carbons (Fsp3) is 0.212. The number of ether oxygens (including phenoxy) is 3. The Bertz CT molecular complexity index is 1860.